The van der Waals surface area contributed by atoms with Gasteiger partial charge in [0.05, 0.1) is 12.2 Å². The lowest BCUT2D eigenvalue weighted by Gasteiger charge is -2.26. The van der Waals surface area contributed by atoms with Gasteiger partial charge in [0.25, 0.3) is 5.56 Å². The number of likely N-dealkylation sites (tertiary alicyclic amines) is 1. The van der Waals surface area contributed by atoms with E-state index in [9.17, 15) is 32.3 Å². The summed E-state index contributed by atoms with van der Waals surface area (Å²) in [4.78, 5) is 67.9. The second-order valence-electron chi connectivity index (χ2n) is 10.1. The Balaban J connectivity index is 1.56. The van der Waals surface area contributed by atoms with Gasteiger partial charge in [-0.05, 0) is 58.0 Å². The average Bonchev–Trinajstić information content (AvgIpc) is 3.56. The van der Waals surface area contributed by atoms with Crippen LogP contribution in [0.3, 0.4) is 0 Å². The zero-order valence-corrected chi connectivity index (χ0v) is 24.0. The van der Waals surface area contributed by atoms with Crippen LogP contribution in [0, 0.1) is 6.92 Å². The molecule has 1 N–H and O–H groups in total. The minimum absolute atomic E-state index is 0.00764. The molecule has 43 heavy (non-hydrogen) atoms. The molecule has 0 unspecified atom stereocenters. The molecule has 16 heteroatoms. The molecule has 0 spiro atoms. The number of alkyl halides is 3. The van der Waals surface area contributed by atoms with E-state index in [-0.39, 0.29) is 42.5 Å². The van der Waals surface area contributed by atoms with E-state index in [0.717, 1.165) is 14.0 Å². The number of amides is 1. The zero-order valence-electron chi connectivity index (χ0n) is 24.0. The predicted octanol–water partition coefficient (Wildman–Crippen LogP) is 2.27. The van der Waals surface area contributed by atoms with Crippen molar-refractivity contribution in [3.8, 4) is 0 Å². The first-order chi connectivity index (χ1) is 20.2. The summed E-state index contributed by atoms with van der Waals surface area (Å²) in [5.74, 6) is -0.622. The molecule has 1 aliphatic rings. The molecular formula is C27H30F3N9O4. The normalized spacial score (nSPS) is 16.2. The zero-order chi connectivity index (χ0) is 31.6. The fraction of sp³-hybridized carbons (Fsp3) is 0.407. The highest BCUT2D eigenvalue weighted by Gasteiger charge is 2.47. The second kappa shape index (κ2) is 12.1. The van der Waals surface area contributed by atoms with Crippen LogP contribution in [-0.2, 0) is 29.7 Å². The van der Waals surface area contributed by atoms with Crippen molar-refractivity contribution < 1.29 is 22.8 Å². The number of carbonyl (C=O) groups excluding carboxylic acids is 2. The van der Waals surface area contributed by atoms with E-state index in [1.807, 2.05) is 0 Å². The van der Waals surface area contributed by atoms with Crippen molar-refractivity contribution in [1.82, 2.24) is 28.6 Å². The number of halogens is 3. The molecule has 0 radical (unpaired) electrons. The van der Waals surface area contributed by atoms with Gasteiger partial charge in [0.1, 0.15) is 30.0 Å². The molecule has 0 saturated carbocycles. The van der Waals surface area contributed by atoms with Gasteiger partial charge in [-0.25, -0.2) is 24.7 Å². The molecule has 0 bridgehead atoms. The Hall–Kier alpha value is -4.89. The van der Waals surface area contributed by atoms with Gasteiger partial charge in [-0.3, -0.25) is 23.5 Å². The Bertz CT molecular complexity index is 1780. The molecule has 3 aromatic rings. The van der Waals surface area contributed by atoms with E-state index in [1.54, 1.807) is 26.0 Å². The van der Waals surface area contributed by atoms with Gasteiger partial charge in [0, 0.05) is 19.8 Å². The molecule has 3 aromatic heterocycles. The smallest absolute Gasteiger partial charge is 0.329 e. The lowest BCUT2D eigenvalue weighted by atomic mass is 10.2. The van der Waals surface area contributed by atoms with Crippen molar-refractivity contribution >= 4 is 46.9 Å². The van der Waals surface area contributed by atoms with Crippen molar-refractivity contribution in [3.63, 3.8) is 0 Å². The number of fused-ring (bicyclic) bond motifs is 1. The molecule has 1 amide bonds. The van der Waals surface area contributed by atoms with E-state index >= 15 is 0 Å². The largest absolute Gasteiger partial charge is 0.408 e. The quantitative estimate of drug-likeness (QED) is 0.323. The SMILES string of the molecule is C=N/C(=N\C=C(/C)c1cccc(NC(=O)Cn2c(C)nc3c2c(=O)n(CC(C)=O)c(=O)n3C)n1)N1CCC[C@H]1C(F)(F)F. The summed E-state index contributed by atoms with van der Waals surface area (Å²) in [6.07, 6.45) is -2.78. The number of Topliss-reactive ketones (excluding diaryl/α,β-unsaturated/α-hetero) is 1. The number of carbonyl (C=O) groups is 2. The van der Waals surface area contributed by atoms with Gasteiger partial charge in [-0.15, -0.1) is 0 Å². The lowest BCUT2D eigenvalue weighted by Crippen LogP contribution is -2.43. The Morgan fingerprint density at radius 2 is 1.88 bits per heavy atom. The first-order valence-electron chi connectivity index (χ1n) is 13.2. The standard InChI is InChI=1S/C27H30F3N9O4/c1-15(12-32-25(31-4)37-11-7-9-19(37)27(28,29)30)18-8-6-10-20(34-18)35-21(41)14-38-17(3)33-23-22(38)24(42)39(13-16(2)40)26(43)36(23)5/h6,8,10,12,19H,4,7,9,11,13-14H2,1-3,5H3,(H,34,35,41)/b15-12+,32-25+/t19-/m0/s1. The summed E-state index contributed by atoms with van der Waals surface area (Å²) in [7, 11) is 1.42. The maximum absolute atomic E-state index is 13.4. The summed E-state index contributed by atoms with van der Waals surface area (Å²) >= 11 is 0. The molecular weight excluding hydrogens is 571 g/mol. The minimum Gasteiger partial charge on any atom is -0.329 e. The number of pyridine rings is 1. The average molecular weight is 602 g/mol. The maximum Gasteiger partial charge on any atom is 0.408 e. The number of aryl methyl sites for hydroxylation is 2. The van der Waals surface area contributed by atoms with Gasteiger partial charge in [-0.2, -0.15) is 13.2 Å². The highest BCUT2D eigenvalue weighted by molar-refractivity contribution is 5.91. The van der Waals surface area contributed by atoms with E-state index in [2.05, 4.69) is 32.0 Å². The van der Waals surface area contributed by atoms with Crippen LogP contribution in [0.1, 0.15) is 38.2 Å². The Kier molecular flexibility index (Phi) is 8.77. The highest BCUT2D eigenvalue weighted by Crippen LogP contribution is 2.33. The van der Waals surface area contributed by atoms with Gasteiger partial charge >= 0.3 is 11.9 Å². The van der Waals surface area contributed by atoms with E-state index in [1.165, 1.54) is 30.8 Å². The van der Waals surface area contributed by atoms with Gasteiger partial charge in [0.15, 0.2) is 11.2 Å². The summed E-state index contributed by atoms with van der Waals surface area (Å²) in [6.45, 7) is 7.24. The van der Waals surface area contributed by atoms with Crippen molar-refractivity contribution in [2.75, 3.05) is 11.9 Å². The van der Waals surface area contributed by atoms with Gasteiger partial charge in [0.2, 0.25) is 11.9 Å². The number of ketones is 1. The summed E-state index contributed by atoms with van der Waals surface area (Å²) in [5.41, 5.74) is -0.496. The molecule has 13 nitrogen and oxygen atoms in total. The summed E-state index contributed by atoms with van der Waals surface area (Å²) in [6, 6.07) is 3.12. The number of imidazole rings is 1. The fourth-order valence-corrected chi connectivity index (χ4v) is 4.86. The van der Waals surface area contributed by atoms with Crippen LogP contribution in [0.5, 0.6) is 0 Å². The first-order valence-corrected chi connectivity index (χ1v) is 13.2. The number of anilines is 1. The number of nitrogens with one attached hydrogen (secondary N) is 1. The van der Waals surface area contributed by atoms with Crippen LogP contribution in [0.25, 0.3) is 16.7 Å². The predicted molar refractivity (Wildman–Crippen MR) is 154 cm³/mol. The Labute approximate surface area is 243 Å². The highest BCUT2D eigenvalue weighted by atomic mass is 19.4. The lowest BCUT2D eigenvalue weighted by molar-refractivity contribution is -0.167. The van der Waals surface area contributed by atoms with Crippen LogP contribution < -0.4 is 16.6 Å². The summed E-state index contributed by atoms with van der Waals surface area (Å²) in [5, 5.41) is 2.65. The van der Waals surface area contributed by atoms with Crippen LogP contribution in [-0.4, -0.2) is 71.7 Å². The second-order valence-corrected chi connectivity index (χ2v) is 10.1. The third-order valence-corrected chi connectivity index (χ3v) is 6.93. The van der Waals surface area contributed by atoms with Crippen molar-refractivity contribution in [2.24, 2.45) is 17.0 Å². The number of allylic oxidation sites excluding steroid dienone is 1. The van der Waals surface area contributed by atoms with Gasteiger partial charge in [-0.1, -0.05) is 6.07 Å². The van der Waals surface area contributed by atoms with E-state index < -0.39 is 41.7 Å². The van der Waals surface area contributed by atoms with Crippen LogP contribution in [0.15, 0.2) is 44.0 Å². The first kappa shape index (κ1) is 31.1. The van der Waals surface area contributed by atoms with Crippen LogP contribution in [0.2, 0.25) is 0 Å². The molecule has 0 aliphatic carbocycles. The van der Waals surface area contributed by atoms with E-state index in [4.69, 9.17) is 0 Å². The topological polar surface area (TPSA) is 149 Å². The number of guanidine groups is 1. The molecule has 0 aromatic carbocycles. The molecule has 4 heterocycles. The molecule has 1 fully saturated rings. The number of nitrogens with zero attached hydrogens (tertiary/aromatic N) is 8. The monoisotopic (exact) mass is 601 g/mol. The van der Waals surface area contributed by atoms with Crippen molar-refractivity contribution in [1.29, 1.82) is 0 Å². The number of aromatic nitrogens is 5. The maximum atomic E-state index is 13.4. The third-order valence-electron chi connectivity index (χ3n) is 6.93. The number of rotatable bonds is 7. The molecule has 228 valence electrons. The number of hydrogen-bond donors (Lipinski definition) is 1. The Morgan fingerprint density at radius 3 is 2.53 bits per heavy atom. The van der Waals surface area contributed by atoms with Crippen molar-refractivity contribution in [2.45, 2.75) is 58.9 Å². The third kappa shape index (κ3) is 6.47. The van der Waals surface area contributed by atoms with Gasteiger partial charge < -0.3 is 14.8 Å². The Morgan fingerprint density at radius 1 is 1.16 bits per heavy atom. The molecule has 4 rings (SSSR count). The minimum atomic E-state index is -4.42. The van der Waals surface area contributed by atoms with Crippen molar-refractivity contribution in [3.05, 3.63) is 56.8 Å². The summed E-state index contributed by atoms with van der Waals surface area (Å²) < 4.78 is 43.5. The number of hydrogen-bond acceptors (Lipinski definition) is 7. The number of aliphatic imine (C=N–C) groups is 2. The molecule has 1 atom stereocenters. The molecule has 1 aliphatic heterocycles. The van der Waals surface area contributed by atoms with Crippen LogP contribution >= 0.6 is 0 Å². The fourth-order valence-electron chi connectivity index (χ4n) is 4.86. The van der Waals surface area contributed by atoms with Crippen LogP contribution in [0.4, 0.5) is 19.0 Å². The van der Waals surface area contributed by atoms with E-state index in [0.29, 0.717) is 23.5 Å². The molecule has 1 saturated heterocycles.